The van der Waals surface area contributed by atoms with Gasteiger partial charge in [0.05, 0.1) is 17.9 Å². The van der Waals surface area contributed by atoms with E-state index in [1.807, 2.05) is 54.6 Å². The van der Waals surface area contributed by atoms with Gasteiger partial charge in [-0.15, -0.1) is 0 Å². The molecule has 1 aliphatic heterocycles. The third kappa shape index (κ3) is 4.57. The van der Waals surface area contributed by atoms with E-state index >= 15 is 0 Å². The van der Waals surface area contributed by atoms with Crippen molar-refractivity contribution in [3.63, 3.8) is 0 Å². The summed E-state index contributed by atoms with van der Waals surface area (Å²) in [5.41, 5.74) is 2.29. The van der Waals surface area contributed by atoms with Crippen molar-refractivity contribution >= 4 is 17.2 Å². The smallest absolute Gasteiger partial charge is 0.176 e. The minimum atomic E-state index is 0.158. The van der Waals surface area contributed by atoms with E-state index in [9.17, 15) is 4.79 Å². The number of rotatable bonds is 5. The number of Topliss-reactive ketones (excluding diaryl/α,β-unsaturated/α-hetero) is 1. The summed E-state index contributed by atoms with van der Waals surface area (Å²) >= 11 is 0. The molecule has 5 nitrogen and oxygen atoms in total. The summed E-state index contributed by atoms with van der Waals surface area (Å²) in [6.07, 6.45) is 0. The Morgan fingerprint density at radius 1 is 0.875 bits per heavy atom. The third-order valence-corrected chi connectivity index (χ3v) is 4.19. The van der Waals surface area contributed by atoms with Gasteiger partial charge in [0.25, 0.3) is 0 Å². The maximum atomic E-state index is 12.4. The summed E-state index contributed by atoms with van der Waals surface area (Å²) in [7, 11) is 2.11. The molecule has 0 atom stereocenters. The number of azo groups is 1. The lowest BCUT2D eigenvalue weighted by Crippen LogP contribution is -2.46. The van der Waals surface area contributed by atoms with Gasteiger partial charge in [-0.2, -0.15) is 10.2 Å². The number of hydrogen-bond acceptors (Lipinski definition) is 5. The molecular weight excluding hydrogens is 300 g/mol. The number of nitrogens with zero attached hydrogens (tertiary/aromatic N) is 4. The standard InChI is InChI=1S/C19H22N4O/c1-22-11-13-23(14-12-22)15-19(24)16-7-9-18(10-8-16)21-20-17-5-3-2-4-6-17/h2-10H,11-15H2,1H3. The van der Waals surface area contributed by atoms with Crippen LogP contribution in [0.1, 0.15) is 10.4 Å². The van der Waals surface area contributed by atoms with E-state index in [1.165, 1.54) is 0 Å². The van der Waals surface area contributed by atoms with Gasteiger partial charge in [0.15, 0.2) is 5.78 Å². The topological polar surface area (TPSA) is 48.3 Å². The minimum Gasteiger partial charge on any atom is -0.304 e. The van der Waals surface area contributed by atoms with Gasteiger partial charge in [-0.05, 0) is 43.4 Å². The predicted molar refractivity (Wildman–Crippen MR) is 95.3 cm³/mol. The van der Waals surface area contributed by atoms with Crippen LogP contribution >= 0.6 is 0 Å². The molecule has 0 aromatic heterocycles. The number of benzene rings is 2. The molecule has 124 valence electrons. The van der Waals surface area contributed by atoms with E-state index in [0.717, 1.165) is 43.1 Å². The zero-order valence-corrected chi connectivity index (χ0v) is 13.9. The SMILES string of the molecule is CN1CCN(CC(=O)c2ccc(N=Nc3ccccc3)cc2)CC1. The van der Waals surface area contributed by atoms with E-state index in [2.05, 4.69) is 27.1 Å². The molecule has 1 saturated heterocycles. The molecule has 0 radical (unpaired) electrons. The second-order valence-corrected chi connectivity index (χ2v) is 6.09. The molecule has 0 aliphatic carbocycles. The second-order valence-electron chi connectivity index (χ2n) is 6.09. The van der Waals surface area contributed by atoms with Crippen molar-refractivity contribution in [1.29, 1.82) is 0 Å². The lowest BCUT2D eigenvalue weighted by Gasteiger charge is -2.31. The molecule has 5 heteroatoms. The van der Waals surface area contributed by atoms with E-state index in [0.29, 0.717) is 6.54 Å². The zero-order valence-electron chi connectivity index (χ0n) is 13.9. The lowest BCUT2D eigenvalue weighted by atomic mass is 10.1. The molecule has 0 amide bonds. The van der Waals surface area contributed by atoms with Gasteiger partial charge in [-0.3, -0.25) is 9.69 Å². The van der Waals surface area contributed by atoms with E-state index in [-0.39, 0.29) is 5.78 Å². The number of likely N-dealkylation sites (N-methyl/N-ethyl adjacent to an activating group) is 1. The molecule has 1 aliphatic rings. The summed E-state index contributed by atoms with van der Waals surface area (Å²) in [4.78, 5) is 16.9. The maximum Gasteiger partial charge on any atom is 0.176 e. The lowest BCUT2D eigenvalue weighted by molar-refractivity contribution is 0.0876. The molecular formula is C19H22N4O. The fraction of sp³-hybridized carbons (Fsp3) is 0.316. The van der Waals surface area contributed by atoms with Crippen LogP contribution in [-0.2, 0) is 0 Å². The second kappa shape index (κ2) is 7.95. The van der Waals surface area contributed by atoms with Gasteiger partial charge in [0.1, 0.15) is 0 Å². The van der Waals surface area contributed by atoms with Crippen molar-refractivity contribution in [3.05, 3.63) is 60.2 Å². The van der Waals surface area contributed by atoms with Crippen LogP contribution in [0.2, 0.25) is 0 Å². The molecule has 0 spiro atoms. The first-order chi connectivity index (χ1) is 11.7. The van der Waals surface area contributed by atoms with E-state index < -0.39 is 0 Å². The minimum absolute atomic E-state index is 0.158. The third-order valence-electron chi connectivity index (χ3n) is 4.19. The molecule has 0 saturated carbocycles. The predicted octanol–water partition coefficient (Wildman–Crippen LogP) is 3.53. The number of carbonyl (C=O) groups excluding carboxylic acids is 1. The summed E-state index contributed by atoms with van der Waals surface area (Å²) in [5.74, 6) is 0.158. The monoisotopic (exact) mass is 322 g/mol. The first-order valence-electron chi connectivity index (χ1n) is 8.22. The van der Waals surface area contributed by atoms with Gasteiger partial charge >= 0.3 is 0 Å². The molecule has 1 fully saturated rings. The molecule has 0 bridgehead atoms. The van der Waals surface area contributed by atoms with Gasteiger partial charge in [0.2, 0.25) is 0 Å². The Morgan fingerprint density at radius 3 is 2.08 bits per heavy atom. The summed E-state index contributed by atoms with van der Waals surface area (Å²) < 4.78 is 0. The van der Waals surface area contributed by atoms with Crippen LogP contribution in [0.4, 0.5) is 11.4 Å². The fourth-order valence-electron chi connectivity index (χ4n) is 2.62. The number of piperazine rings is 1. The fourth-order valence-corrected chi connectivity index (χ4v) is 2.62. The normalized spacial score (nSPS) is 16.5. The zero-order chi connectivity index (χ0) is 16.8. The average molecular weight is 322 g/mol. The average Bonchev–Trinajstić information content (AvgIpc) is 2.63. The number of carbonyl (C=O) groups is 1. The maximum absolute atomic E-state index is 12.4. The van der Waals surface area contributed by atoms with Crippen molar-refractivity contribution in [2.45, 2.75) is 0 Å². The Morgan fingerprint density at radius 2 is 1.46 bits per heavy atom. The molecule has 24 heavy (non-hydrogen) atoms. The molecule has 2 aromatic rings. The van der Waals surface area contributed by atoms with Crippen LogP contribution in [0.15, 0.2) is 64.8 Å². The van der Waals surface area contributed by atoms with Gasteiger partial charge < -0.3 is 4.90 Å². The van der Waals surface area contributed by atoms with Crippen molar-refractivity contribution in [3.8, 4) is 0 Å². The van der Waals surface area contributed by atoms with Crippen LogP contribution in [0.25, 0.3) is 0 Å². The highest BCUT2D eigenvalue weighted by Crippen LogP contribution is 2.18. The van der Waals surface area contributed by atoms with Crippen LogP contribution < -0.4 is 0 Å². The van der Waals surface area contributed by atoms with Crippen LogP contribution in [0, 0.1) is 0 Å². The Balaban J connectivity index is 1.57. The molecule has 0 N–H and O–H groups in total. The van der Waals surface area contributed by atoms with Crippen molar-refractivity contribution in [1.82, 2.24) is 9.80 Å². The molecule has 3 rings (SSSR count). The Hall–Kier alpha value is -2.37. The van der Waals surface area contributed by atoms with Crippen LogP contribution in [0.5, 0.6) is 0 Å². The highest BCUT2D eigenvalue weighted by Gasteiger charge is 2.17. The summed E-state index contributed by atoms with van der Waals surface area (Å²) in [6.45, 7) is 4.42. The quantitative estimate of drug-likeness (QED) is 0.625. The van der Waals surface area contributed by atoms with Gasteiger partial charge in [0, 0.05) is 31.7 Å². The largest absolute Gasteiger partial charge is 0.304 e. The van der Waals surface area contributed by atoms with E-state index in [4.69, 9.17) is 0 Å². The Kier molecular flexibility index (Phi) is 5.46. The van der Waals surface area contributed by atoms with Gasteiger partial charge in [-0.1, -0.05) is 18.2 Å². The Bertz CT molecular complexity index is 689. The molecule has 2 aromatic carbocycles. The highest BCUT2D eigenvalue weighted by atomic mass is 16.1. The summed E-state index contributed by atoms with van der Waals surface area (Å²) in [6, 6.07) is 16.9. The Labute approximate surface area is 142 Å². The highest BCUT2D eigenvalue weighted by molar-refractivity contribution is 5.97. The summed E-state index contributed by atoms with van der Waals surface area (Å²) in [5, 5.41) is 8.38. The first kappa shape index (κ1) is 16.5. The number of ketones is 1. The van der Waals surface area contributed by atoms with Crippen LogP contribution in [0.3, 0.4) is 0 Å². The molecule has 0 unspecified atom stereocenters. The van der Waals surface area contributed by atoms with Crippen molar-refractivity contribution < 1.29 is 4.79 Å². The van der Waals surface area contributed by atoms with E-state index in [1.54, 1.807) is 0 Å². The molecule has 1 heterocycles. The van der Waals surface area contributed by atoms with Gasteiger partial charge in [-0.25, -0.2) is 0 Å². The van der Waals surface area contributed by atoms with Crippen molar-refractivity contribution in [2.24, 2.45) is 10.2 Å². The van der Waals surface area contributed by atoms with Crippen LogP contribution in [-0.4, -0.2) is 55.4 Å². The van der Waals surface area contributed by atoms with Crippen molar-refractivity contribution in [2.75, 3.05) is 39.8 Å². The number of hydrogen-bond donors (Lipinski definition) is 0. The first-order valence-corrected chi connectivity index (χ1v) is 8.22.